The molecule has 160 valence electrons. The fourth-order valence-electron chi connectivity index (χ4n) is 3.83. The number of nitrogens with zero attached hydrogens (tertiary/aromatic N) is 6. The smallest absolute Gasteiger partial charge is 0.220 e. The van der Waals surface area contributed by atoms with Gasteiger partial charge in [-0.05, 0) is 36.8 Å². The van der Waals surface area contributed by atoms with Crippen LogP contribution < -0.4 is 5.73 Å². The topological polar surface area (TPSA) is 120 Å². The summed E-state index contributed by atoms with van der Waals surface area (Å²) < 4.78 is 7.66. The second kappa shape index (κ2) is 7.54. The van der Waals surface area contributed by atoms with Gasteiger partial charge in [-0.25, -0.2) is 15.0 Å². The van der Waals surface area contributed by atoms with Crippen LogP contribution in [0.3, 0.4) is 0 Å². The molecule has 5 rings (SSSR count). The lowest BCUT2D eigenvalue weighted by Gasteiger charge is -2.28. The number of aryl methyl sites for hydroxylation is 1. The van der Waals surface area contributed by atoms with Crippen molar-refractivity contribution in [2.24, 2.45) is 7.05 Å². The van der Waals surface area contributed by atoms with E-state index in [1.54, 1.807) is 24.2 Å². The molecule has 0 aliphatic rings. The number of anilines is 1. The lowest BCUT2D eigenvalue weighted by atomic mass is 9.92. The number of ether oxygens (including phenoxy) is 1. The Kier molecular flexibility index (Phi) is 4.67. The number of pyridine rings is 2. The van der Waals surface area contributed by atoms with Crippen molar-refractivity contribution in [1.29, 1.82) is 0 Å². The predicted octanol–water partition coefficient (Wildman–Crippen LogP) is 3.31. The predicted molar refractivity (Wildman–Crippen MR) is 121 cm³/mol. The molecule has 0 unspecified atom stereocenters. The van der Waals surface area contributed by atoms with Gasteiger partial charge in [-0.3, -0.25) is 9.67 Å². The quantitative estimate of drug-likeness (QED) is 0.442. The highest BCUT2D eigenvalue weighted by Crippen LogP contribution is 2.35. The maximum atomic E-state index is 6.14. The third kappa shape index (κ3) is 3.28. The van der Waals surface area contributed by atoms with Gasteiger partial charge < -0.3 is 15.5 Å². The van der Waals surface area contributed by atoms with Crippen LogP contribution in [0, 0.1) is 0 Å². The normalized spacial score (nSPS) is 13.3. The number of rotatable bonds is 5. The summed E-state index contributed by atoms with van der Waals surface area (Å²) in [6.45, 7) is 1.95. The minimum atomic E-state index is -0.819. The Bertz CT molecular complexity index is 1410. The molecule has 0 aliphatic carbocycles. The Morgan fingerprint density at radius 2 is 1.91 bits per heavy atom. The fourth-order valence-corrected chi connectivity index (χ4v) is 3.83. The van der Waals surface area contributed by atoms with Crippen molar-refractivity contribution < 1.29 is 4.74 Å². The van der Waals surface area contributed by atoms with E-state index in [0.717, 1.165) is 33.3 Å². The van der Waals surface area contributed by atoms with Gasteiger partial charge in [0.15, 0.2) is 0 Å². The lowest BCUT2D eigenvalue weighted by molar-refractivity contribution is 0.0353. The summed E-state index contributed by atoms with van der Waals surface area (Å²) in [6, 6.07) is 7.77. The summed E-state index contributed by atoms with van der Waals surface area (Å²) in [4.78, 5) is 20.9. The highest BCUT2D eigenvalue weighted by atomic mass is 16.5. The number of nitrogens with two attached hydrogens (primary N) is 1. The Labute approximate surface area is 184 Å². The third-order valence-electron chi connectivity index (χ3n) is 5.72. The van der Waals surface area contributed by atoms with E-state index in [1.807, 2.05) is 57.0 Å². The van der Waals surface area contributed by atoms with E-state index in [-0.39, 0.29) is 5.95 Å². The summed E-state index contributed by atoms with van der Waals surface area (Å²) >= 11 is 0. The molecule has 0 bridgehead atoms. The van der Waals surface area contributed by atoms with Crippen LogP contribution in [0.25, 0.3) is 33.4 Å². The van der Waals surface area contributed by atoms with Gasteiger partial charge in [0.2, 0.25) is 5.95 Å². The summed E-state index contributed by atoms with van der Waals surface area (Å²) in [5.74, 6) is 0.167. The Balaban J connectivity index is 1.65. The van der Waals surface area contributed by atoms with Crippen molar-refractivity contribution >= 4 is 17.0 Å². The van der Waals surface area contributed by atoms with Crippen molar-refractivity contribution in [3.05, 3.63) is 72.7 Å². The minimum absolute atomic E-state index is 0.167. The second-order valence-electron chi connectivity index (χ2n) is 7.70. The standard InChI is InChI=1S/C23H22N8O/c1-23(32-3,16-4-6-25-7-5-16)20-9-19(29-22(24)30-20)18-12-27-21-17(18)8-14(10-26-21)15-11-28-31(2)13-15/h4-13H,1-3H3,(H,26,27)(H2,24,29,30)/t23-/m1/s1. The van der Waals surface area contributed by atoms with Gasteiger partial charge in [0, 0.05) is 67.2 Å². The van der Waals surface area contributed by atoms with Crippen LogP contribution in [0.1, 0.15) is 18.2 Å². The molecule has 0 saturated heterocycles. The molecule has 9 heteroatoms. The molecule has 0 saturated carbocycles. The van der Waals surface area contributed by atoms with Gasteiger partial charge in [-0.2, -0.15) is 5.10 Å². The van der Waals surface area contributed by atoms with E-state index in [4.69, 9.17) is 10.5 Å². The summed E-state index contributed by atoms with van der Waals surface area (Å²) in [6.07, 6.45) is 10.9. The largest absolute Gasteiger partial charge is 0.368 e. The van der Waals surface area contributed by atoms with Crippen LogP contribution in [0.5, 0.6) is 0 Å². The molecule has 5 aromatic rings. The van der Waals surface area contributed by atoms with Crippen molar-refractivity contribution in [2.75, 3.05) is 12.8 Å². The molecule has 5 heterocycles. The lowest BCUT2D eigenvalue weighted by Crippen LogP contribution is -2.28. The third-order valence-corrected chi connectivity index (χ3v) is 5.72. The number of hydrogen-bond donors (Lipinski definition) is 2. The zero-order valence-corrected chi connectivity index (χ0v) is 17.9. The SMILES string of the molecule is CO[C@](C)(c1ccncc1)c1cc(-c2c[nH]c3ncc(-c4cnn(C)c4)cc23)nc(N)n1. The summed E-state index contributed by atoms with van der Waals surface area (Å²) in [5, 5.41) is 5.18. The van der Waals surface area contributed by atoms with Crippen molar-refractivity contribution in [3.8, 4) is 22.4 Å². The number of nitrogen functional groups attached to an aromatic ring is 1. The summed E-state index contributed by atoms with van der Waals surface area (Å²) in [7, 11) is 3.53. The van der Waals surface area contributed by atoms with E-state index >= 15 is 0 Å². The van der Waals surface area contributed by atoms with Crippen molar-refractivity contribution in [1.82, 2.24) is 34.7 Å². The Morgan fingerprint density at radius 3 is 2.62 bits per heavy atom. The first-order chi connectivity index (χ1) is 15.5. The molecular formula is C23H22N8O. The molecule has 0 aliphatic heterocycles. The number of nitrogens with one attached hydrogen (secondary N) is 1. The van der Waals surface area contributed by atoms with Crippen LogP contribution in [-0.2, 0) is 17.4 Å². The molecule has 1 atom stereocenters. The van der Waals surface area contributed by atoms with E-state index in [2.05, 4.69) is 36.1 Å². The number of fused-ring (bicyclic) bond motifs is 1. The molecule has 0 amide bonds. The highest BCUT2D eigenvalue weighted by molar-refractivity contribution is 5.95. The van der Waals surface area contributed by atoms with E-state index in [0.29, 0.717) is 11.4 Å². The fraction of sp³-hybridized carbons (Fsp3) is 0.174. The van der Waals surface area contributed by atoms with Gasteiger partial charge in [0.25, 0.3) is 0 Å². The molecule has 0 radical (unpaired) electrons. The first kappa shape index (κ1) is 19.8. The number of H-pyrrole nitrogens is 1. The van der Waals surface area contributed by atoms with Crippen LogP contribution in [0.2, 0.25) is 0 Å². The Hall–Kier alpha value is -4.11. The average Bonchev–Trinajstić information content (AvgIpc) is 3.44. The molecule has 0 spiro atoms. The molecule has 5 aromatic heterocycles. The number of methoxy groups -OCH3 is 1. The summed E-state index contributed by atoms with van der Waals surface area (Å²) in [5.41, 5.74) is 11.2. The van der Waals surface area contributed by atoms with Gasteiger partial charge in [-0.15, -0.1) is 0 Å². The second-order valence-corrected chi connectivity index (χ2v) is 7.70. The van der Waals surface area contributed by atoms with E-state index < -0.39 is 5.60 Å². The van der Waals surface area contributed by atoms with Crippen LogP contribution in [0.15, 0.2) is 61.4 Å². The van der Waals surface area contributed by atoms with Gasteiger partial charge in [0.05, 0.1) is 17.6 Å². The zero-order valence-electron chi connectivity index (χ0n) is 17.9. The maximum absolute atomic E-state index is 6.14. The Morgan fingerprint density at radius 1 is 1.09 bits per heavy atom. The van der Waals surface area contributed by atoms with Crippen molar-refractivity contribution in [2.45, 2.75) is 12.5 Å². The molecule has 32 heavy (non-hydrogen) atoms. The first-order valence-electron chi connectivity index (χ1n) is 10.0. The molecule has 0 fully saturated rings. The minimum Gasteiger partial charge on any atom is -0.368 e. The number of aromatic amines is 1. The van der Waals surface area contributed by atoms with Gasteiger partial charge in [0.1, 0.15) is 11.2 Å². The molecule has 9 nitrogen and oxygen atoms in total. The van der Waals surface area contributed by atoms with Crippen molar-refractivity contribution in [3.63, 3.8) is 0 Å². The maximum Gasteiger partial charge on any atom is 0.220 e. The average molecular weight is 426 g/mol. The van der Waals surface area contributed by atoms with Crippen LogP contribution in [-0.4, -0.2) is 41.8 Å². The zero-order chi connectivity index (χ0) is 22.3. The first-order valence-corrected chi connectivity index (χ1v) is 10.0. The monoisotopic (exact) mass is 426 g/mol. The molecule has 0 aromatic carbocycles. The van der Waals surface area contributed by atoms with E-state index in [1.165, 1.54) is 0 Å². The number of hydrogen-bond acceptors (Lipinski definition) is 7. The molecule has 3 N–H and O–H groups in total. The van der Waals surface area contributed by atoms with Gasteiger partial charge >= 0.3 is 0 Å². The van der Waals surface area contributed by atoms with Crippen LogP contribution in [0.4, 0.5) is 5.95 Å². The number of aromatic nitrogens is 7. The highest BCUT2D eigenvalue weighted by Gasteiger charge is 2.31. The van der Waals surface area contributed by atoms with Crippen LogP contribution >= 0.6 is 0 Å². The van der Waals surface area contributed by atoms with Gasteiger partial charge in [-0.1, -0.05) is 0 Å². The van der Waals surface area contributed by atoms with E-state index in [9.17, 15) is 0 Å². The molecular weight excluding hydrogens is 404 g/mol.